The molecule has 0 spiro atoms. The Kier molecular flexibility index (Phi) is 6.82. The Bertz CT molecular complexity index is 1080. The molecule has 0 aliphatic carbocycles. The molecule has 1 aromatic heterocycles. The van der Waals surface area contributed by atoms with E-state index in [1.54, 1.807) is 36.4 Å². The number of amides is 1. The van der Waals surface area contributed by atoms with E-state index in [1.807, 2.05) is 6.92 Å². The molecule has 1 heterocycles. The molecule has 2 aromatic carbocycles. The maximum atomic E-state index is 12.1. The van der Waals surface area contributed by atoms with Gasteiger partial charge in [-0.05, 0) is 48.9 Å². The number of non-ortho nitro benzene ring substituents is 1. The molecule has 30 heavy (non-hydrogen) atoms. The van der Waals surface area contributed by atoms with E-state index in [4.69, 9.17) is 20.8 Å². The Hall–Kier alpha value is -3.65. The molecule has 0 aliphatic heterocycles. The number of halogens is 1. The van der Waals surface area contributed by atoms with Crippen LogP contribution in [0.3, 0.4) is 0 Å². The molecule has 0 radical (unpaired) electrons. The quantitative estimate of drug-likeness (QED) is 0.307. The van der Waals surface area contributed by atoms with E-state index >= 15 is 0 Å². The number of nitrogens with zero attached hydrogens (tertiary/aromatic N) is 2. The van der Waals surface area contributed by atoms with Crippen LogP contribution >= 0.6 is 11.6 Å². The highest BCUT2D eigenvalue weighted by Crippen LogP contribution is 2.32. The molecule has 0 atom stereocenters. The minimum absolute atomic E-state index is 0.107. The fraction of sp³-hybridized carbons (Fsp3) is 0.143. The van der Waals surface area contributed by atoms with Crippen LogP contribution in [0.4, 0.5) is 5.69 Å². The number of hydrazone groups is 1. The van der Waals surface area contributed by atoms with Crippen LogP contribution in [0.5, 0.6) is 5.75 Å². The zero-order valence-electron chi connectivity index (χ0n) is 16.0. The van der Waals surface area contributed by atoms with Crippen molar-refractivity contribution < 1.29 is 18.9 Å². The van der Waals surface area contributed by atoms with E-state index in [0.29, 0.717) is 35.0 Å². The van der Waals surface area contributed by atoms with Gasteiger partial charge in [0.15, 0.2) is 0 Å². The molecular formula is C21H18ClN3O5. The zero-order chi connectivity index (χ0) is 21.5. The van der Waals surface area contributed by atoms with Crippen LogP contribution in [0.15, 0.2) is 64.1 Å². The third-order valence-electron chi connectivity index (χ3n) is 4.00. The van der Waals surface area contributed by atoms with Crippen molar-refractivity contribution in [3.05, 3.63) is 81.1 Å². The van der Waals surface area contributed by atoms with Crippen LogP contribution in [-0.4, -0.2) is 23.7 Å². The summed E-state index contributed by atoms with van der Waals surface area (Å²) < 4.78 is 11.1. The number of nitro benzene ring substituents is 1. The number of benzene rings is 2. The first-order valence-electron chi connectivity index (χ1n) is 9.08. The summed E-state index contributed by atoms with van der Waals surface area (Å²) in [5.74, 6) is 1.12. The highest BCUT2D eigenvalue weighted by atomic mass is 35.5. The molecule has 3 rings (SSSR count). The van der Waals surface area contributed by atoms with Crippen molar-refractivity contribution in [3.8, 4) is 17.1 Å². The molecule has 1 N–H and O–H groups in total. The number of furan rings is 1. The Morgan fingerprint density at radius 1 is 1.23 bits per heavy atom. The molecule has 0 fully saturated rings. The maximum absolute atomic E-state index is 12.1. The third kappa shape index (κ3) is 5.24. The van der Waals surface area contributed by atoms with Crippen molar-refractivity contribution in [2.75, 3.05) is 6.61 Å². The predicted octanol–water partition coefficient (Wildman–Crippen LogP) is 5.06. The lowest BCUT2D eigenvalue weighted by Gasteiger charge is -2.05. The third-order valence-corrected chi connectivity index (χ3v) is 4.32. The number of nitrogens with one attached hydrogen (secondary N) is 1. The average Bonchev–Trinajstić information content (AvgIpc) is 3.21. The van der Waals surface area contributed by atoms with Crippen LogP contribution in [0.1, 0.15) is 29.5 Å². The highest BCUT2D eigenvalue weighted by Gasteiger charge is 2.13. The number of nitro groups is 1. The van der Waals surface area contributed by atoms with Gasteiger partial charge in [-0.25, -0.2) is 5.43 Å². The molecule has 0 bridgehead atoms. The minimum atomic E-state index is -0.523. The van der Waals surface area contributed by atoms with Gasteiger partial charge in [0, 0.05) is 23.3 Å². The number of carbonyl (C=O) groups excluding carboxylic acids is 1. The van der Waals surface area contributed by atoms with Gasteiger partial charge in [-0.3, -0.25) is 14.9 Å². The SMILES string of the molecule is CCCOc1ccc(C(=O)N/N=C/c2ccc(-c3ccc([N+](=O)[O-])cc3Cl)o2)cc1. The largest absolute Gasteiger partial charge is 0.494 e. The summed E-state index contributed by atoms with van der Waals surface area (Å²) in [6.07, 6.45) is 2.25. The number of rotatable bonds is 8. The summed E-state index contributed by atoms with van der Waals surface area (Å²) in [7, 11) is 0. The summed E-state index contributed by atoms with van der Waals surface area (Å²) in [5.41, 5.74) is 3.26. The first-order valence-corrected chi connectivity index (χ1v) is 9.46. The van der Waals surface area contributed by atoms with Crippen LogP contribution in [0, 0.1) is 10.1 Å². The maximum Gasteiger partial charge on any atom is 0.271 e. The summed E-state index contributed by atoms with van der Waals surface area (Å²) in [6, 6.07) is 14.2. The lowest BCUT2D eigenvalue weighted by molar-refractivity contribution is -0.384. The van der Waals surface area contributed by atoms with Crippen molar-refractivity contribution >= 4 is 29.4 Å². The van der Waals surface area contributed by atoms with Gasteiger partial charge in [0.2, 0.25) is 0 Å². The number of ether oxygens (including phenoxy) is 1. The van der Waals surface area contributed by atoms with Gasteiger partial charge >= 0.3 is 0 Å². The van der Waals surface area contributed by atoms with Crippen molar-refractivity contribution in [1.29, 1.82) is 0 Å². The first-order chi connectivity index (χ1) is 14.5. The molecule has 154 valence electrons. The highest BCUT2D eigenvalue weighted by molar-refractivity contribution is 6.33. The fourth-order valence-corrected chi connectivity index (χ4v) is 2.79. The smallest absolute Gasteiger partial charge is 0.271 e. The molecule has 1 amide bonds. The van der Waals surface area contributed by atoms with Gasteiger partial charge in [-0.15, -0.1) is 0 Å². The molecule has 9 heteroatoms. The summed E-state index contributed by atoms with van der Waals surface area (Å²) in [6.45, 7) is 2.63. The Morgan fingerprint density at radius 3 is 2.67 bits per heavy atom. The van der Waals surface area contributed by atoms with Crippen molar-refractivity contribution in [1.82, 2.24) is 5.43 Å². The molecule has 8 nitrogen and oxygen atoms in total. The van der Waals surface area contributed by atoms with Crippen LogP contribution in [0.25, 0.3) is 11.3 Å². The Labute approximate surface area is 177 Å². The van der Waals surface area contributed by atoms with E-state index in [-0.39, 0.29) is 16.6 Å². The second-order valence-corrected chi connectivity index (χ2v) is 6.60. The molecule has 0 saturated carbocycles. The molecular weight excluding hydrogens is 410 g/mol. The van der Waals surface area contributed by atoms with Crippen LogP contribution < -0.4 is 10.2 Å². The Balaban J connectivity index is 1.62. The van der Waals surface area contributed by atoms with Gasteiger partial charge in [0.05, 0.1) is 22.8 Å². The van der Waals surface area contributed by atoms with E-state index in [0.717, 1.165) is 6.42 Å². The monoisotopic (exact) mass is 427 g/mol. The minimum Gasteiger partial charge on any atom is -0.494 e. The number of hydrogen-bond acceptors (Lipinski definition) is 6. The molecule has 0 saturated heterocycles. The van der Waals surface area contributed by atoms with Crippen LogP contribution in [-0.2, 0) is 0 Å². The summed E-state index contributed by atoms with van der Waals surface area (Å²) in [5, 5.41) is 14.9. The number of hydrogen-bond donors (Lipinski definition) is 1. The normalized spacial score (nSPS) is 10.9. The van der Waals surface area contributed by atoms with E-state index < -0.39 is 4.92 Å². The molecule has 0 unspecified atom stereocenters. The average molecular weight is 428 g/mol. The van der Waals surface area contributed by atoms with E-state index in [9.17, 15) is 14.9 Å². The zero-order valence-corrected chi connectivity index (χ0v) is 16.8. The van der Waals surface area contributed by atoms with Gasteiger partial charge in [-0.1, -0.05) is 18.5 Å². The van der Waals surface area contributed by atoms with Gasteiger partial charge < -0.3 is 9.15 Å². The predicted molar refractivity (Wildman–Crippen MR) is 113 cm³/mol. The Morgan fingerprint density at radius 2 is 2.00 bits per heavy atom. The topological polar surface area (TPSA) is 107 Å². The van der Waals surface area contributed by atoms with Crippen molar-refractivity contribution in [2.24, 2.45) is 5.10 Å². The van der Waals surface area contributed by atoms with E-state index in [2.05, 4.69) is 10.5 Å². The fourth-order valence-electron chi connectivity index (χ4n) is 2.53. The molecule has 3 aromatic rings. The lowest BCUT2D eigenvalue weighted by Crippen LogP contribution is -2.17. The summed E-state index contributed by atoms with van der Waals surface area (Å²) >= 11 is 6.11. The standard InChI is InChI=1S/C21H18ClN3O5/c1-2-11-29-16-6-3-14(4-7-16)21(26)24-23-13-17-8-10-20(30-17)18-9-5-15(25(27)28)12-19(18)22/h3-10,12-13H,2,11H2,1H3,(H,24,26)/b23-13+. The van der Waals surface area contributed by atoms with Crippen molar-refractivity contribution in [3.63, 3.8) is 0 Å². The van der Waals surface area contributed by atoms with Gasteiger partial charge in [0.25, 0.3) is 11.6 Å². The number of carbonyl (C=O) groups is 1. The van der Waals surface area contributed by atoms with E-state index in [1.165, 1.54) is 24.4 Å². The second kappa shape index (κ2) is 9.71. The van der Waals surface area contributed by atoms with Crippen LogP contribution in [0.2, 0.25) is 5.02 Å². The summed E-state index contributed by atoms with van der Waals surface area (Å²) in [4.78, 5) is 22.4. The van der Waals surface area contributed by atoms with Crippen molar-refractivity contribution in [2.45, 2.75) is 13.3 Å². The first kappa shape index (κ1) is 21.1. The van der Waals surface area contributed by atoms with Gasteiger partial charge in [-0.2, -0.15) is 5.10 Å². The molecule has 0 aliphatic rings. The van der Waals surface area contributed by atoms with Gasteiger partial charge in [0.1, 0.15) is 17.3 Å². The lowest BCUT2D eigenvalue weighted by atomic mass is 10.1. The second-order valence-electron chi connectivity index (χ2n) is 6.20.